The quantitative estimate of drug-likeness (QED) is 0.163. The molecule has 0 saturated heterocycles. The Morgan fingerprint density at radius 1 is 0.708 bits per heavy atom. The number of ether oxygens (including phenoxy) is 1. The SMILES string of the molecule is Cc1cc(Oc2[c-]c3c(cc2)c2ccccc2n3-c2cc(C)ccn2)[c-]c(-n2cc(-c3c(C(C)(C)C)cccc3C(C)(C)C)cn2)c1.[Pt+2]. The van der Waals surface area contributed by atoms with E-state index in [1.54, 1.807) is 0 Å². The zero-order valence-corrected chi connectivity index (χ0v) is 31.0. The summed E-state index contributed by atoms with van der Waals surface area (Å²) in [4.78, 5) is 4.70. The summed E-state index contributed by atoms with van der Waals surface area (Å²) in [6, 6.07) is 34.3. The van der Waals surface area contributed by atoms with E-state index in [1.807, 2.05) is 35.3 Å². The summed E-state index contributed by atoms with van der Waals surface area (Å²) in [6.07, 6.45) is 5.93. The molecule has 0 atom stereocenters. The number of aryl methyl sites for hydroxylation is 2. The molecule has 6 heteroatoms. The van der Waals surface area contributed by atoms with Crippen LogP contribution in [0.3, 0.4) is 0 Å². The Labute approximate surface area is 297 Å². The maximum absolute atomic E-state index is 6.47. The van der Waals surface area contributed by atoms with Gasteiger partial charge in [0.15, 0.2) is 0 Å². The van der Waals surface area contributed by atoms with Crippen molar-refractivity contribution in [2.45, 2.75) is 66.2 Å². The van der Waals surface area contributed by atoms with E-state index >= 15 is 0 Å². The Morgan fingerprint density at radius 3 is 2.15 bits per heavy atom. The molecule has 4 aromatic carbocycles. The summed E-state index contributed by atoms with van der Waals surface area (Å²) in [7, 11) is 0. The van der Waals surface area contributed by atoms with Crippen LogP contribution in [0.2, 0.25) is 0 Å². The van der Waals surface area contributed by atoms with Gasteiger partial charge in [-0.3, -0.25) is 4.68 Å². The summed E-state index contributed by atoms with van der Waals surface area (Å²) in [5.41, 5.74) is 9.94. The monoisotopic (exact) mass is 811 g/mol. The minimum Gasteiger partial charge on any atom is -0.509 e. The van der Waals surface area contributed by atoms with E-state index in [0.717, 1.165) is 50.0 Å². The summed E-state index contributed by atoms with van der Waals surface area (Å²) in [5.74, 6) is 2.07. The molecule has 0 aliphatic heterocycles. The van der Waals surface area contributed by atoms with Crippen LogP contribution in [0, 0.1) is 26.0 Å². The third kappa shape index (κ3) is 6.24. The molecule has 0 spiro atoms. The van der Waals surface area contributed by atoms with E-state index in [1.165, 1.54) is 16.7 Å². The van der Waals surface area contributed by atoms with E-state index in [-0.39, 0.29) is 31.9 Å². The molecule has 48 heavy (non-hydrogen) atoms. The van der Waals surface area contributed by atoms with Gasteiger partial charge in [-0.15, -0.1) is 35.7 Å². The van der Waals surface area contributed by atoms with Gasteiger partial charge in [-0.05, 0) is 69.3 Å². The smallest absolute Gasteiger partial charge is 0.509 e. The van der Waals surface area contributed by atoms with E-state index in [9.17, 15) is 0 Å². The second kappa shape index (κ2) is 12.5. The van der Waals surface area contributed by atoms with Crippen molar-refractivity contribution in [3.05, 3.63) is 132 Å². The van der Waals surface area contributed by atoms with Gasteiger partial charge in [0, 0.05) is 35.0 Å². The summed E-state index contributed by atoms with van der Waals surface area (Å²) >= 11 is 0. The average Bonchev–Trinajstić information content (AvgIpc) is 3.63. The number of para-hydroxylation sites is 1. The maximum Gasteiger partial charge on any atom is 2.00 e. The summed E-state index contributed by atoms with van der Waals surface area (Å²) in [5, 5.41) is 7.07. The predicted molar refractivity (Wildman–Crippen MR) is 192 cm³/mol. The molecule has 3 aromatic heterocycles. The topological polar surface area (TPSA) is 44.9 Å². The second-order valence-corrected chi connectivity index (χ2v) is 14.5. The van der Waals surface area contributed by atoms with Crippen LogP contribution >= 0.6 is 0 Å². The van der Waals surface area contributed by atoms with Gasteiger partial charge in [-0.2, -0.15) is 16.7 Å². The van der Waals surface area contributed by atoms with E-state index < -0.39 is 0 Å². The summed E-state index contributed by atoms with van der Waals surface area (Å²) in [6.45, 7) is 17.8. The van der Waals surface area contributed by atoms with Crippen LogP contribution in [0.25, 0.3) is 44.4 Å². The third-order valence-electron chi connectivity index (χ3n) is 8.68. The molecule has 0 amide bonds. The van der Waals surface area contributed by atoms with Crippen LogP contribution in [0.4, 0.5) is 0 Å². The Bertz CT molecular complexity index is 2250. The Kier molecular flexibility index (Phi) is 8.72. The number of pyridine rings is 1. The molecule has 0 bridgehead atoms. The molecule has 5 nitrogen and oxygen atoms in total. The molecular formula is C42H40N4OPt. The average molecular weight is 812 g/mol. The minimum absolute atomic E-state index is 0. The zero-order chi connectivity index (χ0) is 33.1. The molecule has 0 N–H and O–H groups in total. The van der Waals surface area contributed by atoms with Crippen molar-refractivity contribution in [1.29, 1.82) is 0 Å². The molecule has 7 aromatic rings. The molecule has 7 rings (SSSR count). The molecule has 0 fully saturated rings. The van der Waals surface area contributed by atoms with Crippen molar-refractivity contribution in [2.75, 3.05) is 0 Å². The van der Waals surface area contributed by atoms with Gasteiger partial charge in [0.25, 0.3) is 0 Å². The molecule has 244 valence electrons. The molecule has 0 unspecified atom stereocenters. The maximum atomic E-state index is 6.47. The fourth-order valence-corrected chi connectivity index (χ4v) is 6.47. The fourth-order valence-electron chi connectivity index (χ4n) is 6.47. The number of nitrogens with zero attached hydrogens (tertiary/aromatic N) is 4. The molecule has 0 aliphatic carbocycles. The van der Waals surface area contributed by atoms with Gasteiger partial charge >= 0.3 is 21.1 Å². The van der Waals surface area contributed by atoms with Crippen LogP contribution in [0.1, 0.15) is 63.8 Å². The van der Waals surface area contributed by atoms with Gasteiger partial charge in [-0.25, -0.2) is 4.98 Å². The second-order valence-electron chi connectivity index (χ2n) is 14.5. The van der Waals surface area contributed by atoms with Crippen LogP contribution in [-0.2, 0) is 31.9 Å². The van der Waals surface area contributed by atoms with Crippen molar-refractivity contribution in [1.82, 2.24) is 19.3 Å². The molecular weight excluding hydrogens is 772 g/mol. The zero-order valence-electron chi connectivity index (χ0n) is 28.8. The van der Waals surface area contributed by atoms with Crippen molar-refractivity contribution >= 4 is 21.8 Å². The number of fused-ring (bicyclic) bond motifs is 3. The number of hydrogen-bond donors (Lipinski definition) is 0. The standard InChI is InChI=1S/C42H40N4O.Pt/c1-27-18-19-43-39(22-27)46-37-15-10-9-12-33(37)34-17-16-31(24-38(34)46)47-32-21-28(2)20-30(23-32)45-26-29(25-44-45)40-35(41(3,4)5)13-11-14-36(40)42(6,7)8;/h9-22,25-26H,1-8H3;/q-2;+2. The fraction of sp³-hybridized carbons (Fsp3) is 0.238. The van der Waals surface area contributed by atoms with Crippen molar-refractivity contribution in [3.8, 4) is 34.1 Å². The van der Waals surface area contributed by atoms with Gasteiger partial charge < -0.3 is 9.30 Å². The molecule has 0 saturated carbocycles. The van der Waals surface area contributed by atoms with Gasteiger partial charge in [-0.1, -0.05) is 90.4 Å². The molecule has 3 heterocycles. The predicted octanol–water partition coefficient (Wildman–Crippen LogP) is 10.6. The first-order valence-corrected chi connectivity index (χ1v) is 16.2. The Hall–Kier alpha value is -4.47. The molecule has 0 radical (unpaired) electrons. The van der Waals surface area contributed by atoms with Crippen LogP contribution in [0.15, 0.2) is 97.5 Å². The van der Waals surface area contributed by atoms with Gasteiger partial charge in [0.2, 0.25) is 0 Å². The van der Waals surface area contributed by atoms with Gasteiger partial charge in [0.1, 0.15) is 5.82 Å². The number of benzene rings is 4. The van der Waals surface area contributed by atoms with E-state index in [0.29, 0.717) is 11.5 Å². The van der Waals surface area contributed by atoms with E-state index in [4.69, 9.17) is 14.8 Å². The van der Waals surface area contributed by atoms with Crippen molar-refractivity contribution in [3.63, 3.8) is 0 Å². The Balaban J connectivity index is 0.00000401. The van der Waals surface area contributed by atoms with E-state index in [2.05, 4.69) is 139 Å². The van der Waals surface area contributed by atoms with Crippen LogP contribution in [-0.4, -0.2) is 19.3 Å². The first-order valence-electron chi connectivity index (χ1n) is 16.2. The largest absolute Gasteiger partial charge is 2.00 e. The Morgan fingerprint density at radius 2 is 1.44 bits per heavy atom. The normalized spacial score (nSPS) is 12.0. The molecule has 0 aliphatic rings. The summed E-state index contributed by atoms with van der Waals surface area (Å²) < 4.78 is 10.5. The third-order valence-corrected chi connectivity index (χ3v) is 8.68. The first kappa shape index (κ1) is 33.4. The minimum atomic E-state index is -0.0200. The van der Waals surface area contributed by atoms with Crippen LogP contribution in [0.5, 0.6) is 11.5 Å². The van der Waals surface area contributed by atoms with Gasteiger partial charge in [0.05, 0.1) is 6.20 Å². The number of rotatable bonds is 5. The van der Waals surface area contributed by atoms with Crippen molar-refractivity contribution in [2.24, 2.45) is 0 Å². The first-order chi connectivity index (χ1) is 22.4. The van der Waals surface area contributed by atoms with Crippen molar-refractivity contribution < 1.29 is 25.8 Å². The number of hydrogen-bond acceptors (Lipinski definition) is 3. The number of aromatic nitrogens is 4. The van der Waals surface area contributed by atoms with Crippen LogP contribution < -0.4 is 4.74 Å².